The molecule has 6 heteroatoms. The number of hydrogen-bond donors (Lipinski definition) is 4. The number of aliphatic hydroxyl groups is 2. The molecule has 0 radical (unpaired) electrons. The number of hydrogen-bond acceptors (Lipinski definition) is 4. The summed E-state index contributed by atoms with van der Waals surface area (Å²) in [5.74, 6) is -0.842. The average molecular weight is 223 g/mol. The first-order valence-electron chi connectivity index (χ1n) is 4.54. The molecule has 14 heavy (non-hydrogen) atoms. The van der Waals surface area contributed by atoms with Crippen LogP contribution in [0, 0.1) is 0 Å². The number of amides is 1. The Morgan fingerprint density at radius 2 is 2.21 bits per heavy atom. The summed E-state index contributed by atoms with van der Waals surface area (Å²) in [6, 6.07) is -0.695. The molecular weight excluding hydrogens is 208 g/mol. The largest absolute Gasteiger partial charge is 0.390 e. The van der Waals surface area contributed by atoms with E-state index < -0.39 is 23.7 Å². The third-order valence-corrected chi connectivity index (χ3v) is 2.98. The Morgan fingerprint density at radius 1 is 1.64 bits per heavy atom. The molecule has 5 nitrogen and oxygen atoms in total. The number of carbonyl (C=O) groups is 1. The van der Waals surface area contributed by atoms with Crippen LogP contribution in [0.1, 0.15) is 25.7 Å². The molecule has 0 bridgehead atoms. The molecule has 0 aromatic heterocycles. The summed E-state index contributed by atoms with van der Waals surface area (Å²) in [5.41, 5.74) is 4.12. The number of carbonyl (C=O) groups excluding carboxylic acids is 1. The van der Waals surface area contributed by atoms with Crippen molar-refractivity contribution in [3.63, 3.8) is 0 Å². The molecule has 2 unspecified atom stereocenters. The zero-order valence-electron chi connectivity index (χ0n) is 7.74. The second kappa shape index (κ2) is 4.44. The SMILES string of the molecule is NC(=O)C(O)C(CC1(O)CCC1)NCl. The fraction of sp³-hybridized carbons (Fsp3) is 0.875. The molecule has 0 aliphatic heterocycles. The van der Waals surface area contributed by atoms with Crippen LogP contribution in [0.15, 0.2) is 0 Å². The number of nitrogens with one attached hydrogen (secondary N) is 1. The molecule has 1 amide bonds. The van der Waals surface area contributed by atoms with Crippen molar-refractivity contribution in [2.75, 3.05) is 0 Å². The number of aliphatic hydroxyl groups excluding tert-OH is 1. The maximum Gasteiger partial charge on any atom is 0.247 e. The zero-order chi connectivity index (χ0) is 10.8. The second-order valence-corrected chi connectivity index (χ2v) is 4.06. The van der Waals surface area contributed by atoms with E-state index in [9.17, 15) is 15.0 Å². The lowest BCUT2D eigenvalue weighted by Crippen LogP contribution is -2.50. The topological polar surface area (TPSA) is 95.6 Å². The lowest BCUT2D eigenvalue weighted by atomic mass is 9.75. The van der Waals surface area contributed by atoms with Gasteiger partial charge in [0.2, 0.25) is 5.91 Å². The van der Waals surface area contributed by atoms with Crippen LogP contribution in [0.25, 0.3) is 0 Å². The quantitative estimate of drug-likeness (QED) is 0.461. The van der Waals surface area contributed by atoms with E-state index in [-0.39, 0.29) is 6.42 Å². The highest BCUT2D eigenvalue weighted by molar-refractivity contribution is 6.13. The predicted octanol–water partition coefficient (Wildman–Crippen LogP) is -0.750. The van der Waals surface area contributed by atoms with Gasteiger partial charge in [0.25, 0.3) is 0 Å². The molecule has 1 fully saturated rings. The zero-order valence-corrected chi connectivity index (χ0v) is 8.50. The maximum absolute atomic E-state index is 10.7. The number of nitrogens with two attached hydrogens (primary N) is 1. The van der Waals surface area contributed by atoms with Gasteiger partial charge in [-0.15, -0.1) is 0 Å². The van der Waals surface area contributed by atoms with E-state index >= 15 is 0 Å². The van der Waals surface area contributed by atoms with Crippen molar-refractivity contribution in [1.29, 1.82) is 0 Å². The molecule has 0 aromatic carbocycles. The molecule has 0 saturated heterocycles. The summed E-state index contributed by atoms with van der Waals surface area (Å²) in [6.45, 7) is 0. The van der Waals surface area contributed by atoms with Crippen molar-refractivity contribution < 1.29 is 15.0 Å². The predicted molar refractivity (Wildman–Crippen MR) is 51.4 cm³/mol. The summed E-state index contributed by atoms with van der Waals surface area (Å²) < 4.78 is 0. The average Bonchev–Trinajstić information content (AvgIpc) is 2.10. The molecule has 1 saturated carbocycles. The van der Waals surface area contributed by atoms with E-state index in [1.54, 1.807) is 0 Å². The van der Waals surface area contributed by atoms with Gasteiger partial charge in [-0.3, -0.25) is 4.79 Å². The van der Waals surface area contributed by atoms with E-state index in [0.717, 1.165) is 6.42 Å². The summed E-state index contributed by atoms with van der Waals surface area (Å²) in [5, 5.41) is 19.1. The summed E-state index contributed by atoms with van der Waals surface area (Å²) >= 11 is 5.36. The van der Waals surface area contributed by atoms with Gasteiger partial charge in [0.1, 0.15) is 6.10 Å². The van der Waals surface area contributed by atoms with Crippen molar-refractivity contribution in [3.05, 3.63) is 0 Å². The lowest BCUT2D eigenvalue weighted by molar-refractivity contribution is -0.129. The number of halogens is 1. The molecule has 0 spiro atoms. The van der Waals surface area contributed by atoms with Crippen LogP contribution in [0.2, 0.25) is 0 Å². The molecule has 1 aliphatic carbocycles. The van der Waals surface area contributed by atoms with Gasteiger partial charge >= 0.3 is 0 Å². The van der Waals surface area contributed by atoms with Crippen molar-refractivity contribution in [2.45, 2.75) is 43.4 Å². The molecule has 1 rings (SSSR count). The molecule has 82 valence electrons. The van der Waals surface area contributed by atoms with E-state index in [2.05, 4.69) is 4.84 Å². The van der Waals surface area contributed by atoms with E-state index in [0.29, 0.717) is 12.8 Å². The van der Waals surface area contributed by atoms with Gasteiger partial charge in [-0.2, -0.15) is 0 Å². The van der Waals surface area contributed by atoms with Crippen LogP contribution in [-0.4, -0.2) is 33.9 Å². The van der Waals surface area contributed by atoms with Crippen LogP contribution >= 0.6 is 11.8 Å². The Labute approximate surface area is 87.3 Å². The van der Waals surface area contributed by atoms with Crippen LogP contribution in [0.5, 0.6) is 0 Å². The highest BCUT2D eigenvalue weighted by Gasteiger charge is 2.39. The third-order valence-electron chi connectivity index (χ3n) is 2.70. The monoisotopic (exact) mass is 222 g/mol. The molecule has 5 N–H and O–H groups in total. The summed E-state index contributed by atoms with van der Waals surface area (Å²) in [6.07, 6.45) is 1.18. The molecule has 0 heterocycles. The maximum atomic E-state index is 10.7. The molecular formula is C8H15ClN2O3. The minimum absolute atomic E-state index is 0.237. The van der Waals surface area contributed by atoms with Crippen molar-refractivity contribution in [1.82, 2.24) is 4.84 Å². The van der Waals surface area contributed by atoms with Crippen LogP contribution in [-0.2, 0) is 4.79 Å². The minimum Gasteiger partial charge on any atom is -0.390 e. The van der Waals surface area contributed by atoms with Gasteiger partial charge < -0.3 is 15.9 Å². The first-order valence-corrected chi connectivity index (χ1v) is 4.92. The van der Waals surface area contributed by atoms with Crippen LogP contribution in [0.4, 0.5) is 0 Å². The fourth-order valence-electron chi connectivity index (χ4n) is 1.61. The standard InChI is InChI=1S/C8H15ClN2O3/c9-11-5(6(12)7(10)13)4-8(14)2-1-3-8/h5-6,11-12,14H,1-4H2,(H2,10,13). The Kier molecular flexibility index (Phi) is 3.71. The number of primary amides is 1. The van der Waals surface area contributed by atoms with Gasteiger partial charge in [0.15, 0.2) is 0 Å². The second-order valence-electron chi connectivity index (χ2n) is 3.84. The van der Waals surface area contributed by atoms with Gasteiger partial charge in [-0.1, -0.05) is 0 Å². The van der Waals surface area contributed by atoms with E-state index in [4.69, 9.17) is 17.5 Å². The van der Waals surface area contributed by atoms with E-state index in [1.807, 2.05) is 0 Å². The van der Waals surface area contributed by atoms with E-state index in [1.165, 1.54) is 0 Å². The normalized spacial score (nSPS) is 23.6. The number of rotatable bonds is 5. The molecule has 1 aliphatic rings. The van der Waals surface area contributed by atoms with Crippen LogP contribution < -0.4 is 10.6 Å². The molecule has 0 aromatic rings. The Hall–Kier alpha value is -0.360. The Bertz CT molecular complexity index is 221. The van der Waals surface area contributed by atoms with Gasteiger partial charge in [-0.25, -0.2) is 4.84 Å². The van der Waals surface area contributed by atoms with Crippen molar-refractivity contribution in [3.8, 4) is 0 Å². The first kappa shape index (κ1) is 11.7. The van der Waals surface area contributed by atoms with Crippen molar-refractivity contribution in [2.24, 2.45) is 5.73 Å². The highest BCUT2D eigenvalue weighted by Crippen LogP contribution is 2.36. The van der Waals surface area contributed by atoms with Crippen LogP contribution in [0.3, 0.4) is 0 Å². The Balaban J connectivity index is 2.49. The van der Waals surface area contributed by atoms with Crippen molar-refractivity contribution >= 4 is 17.7 Å². The third kappa shape index (κ3) is 2.57. The molecule has 2 atom stereocenters. The summed E-state index contributed by atoms with van der Waals surface area (Å²) in [7, 11) is 0. The minimum atomic E-state index is -1.36. The summed E-state index contributed by atoms with van der Waals surface area (Å²) in [4.78, 5) is 13.0. The smallest absolute Gasteiger partial charge is 0.247 e. The van der Waals surface area contributed by atoms with Gasteiger partial charge in [0.05, 0.1) is 11.6 Å². The van der Waals surface area contributed by atoms with Gasteiger partial charge in [0, 0.05) is 0 Å². The highest BCUT2D eigenvalue weighted by atomic mass is 35.5. The fourth-order valence-corrected chi connectivity index (χ4v) is 1.80. The Morgan fingerprint density at radius 3 is 2.50 bits per heavy atom. The first-order chi connectivity index (χ1) is 6.48. The lowest BCUT2D eigenvalue weighted by Gasteiger charge is -2.39. The van der Waals surface area contributed by atoms with Gasteiger partial charge in [-0.05, 0) is 37.5 Å².